The molecule has 12 heavy (non-hydrogen) atoms. The van der Waals surface area contributed by atoms with E-state index in [1.807, 2.05) is 0 Å². The second-order valence-corrected chi connectivity index (χ2v) is 2.10. The summed E-state index contributed by atoms with van der Waals surface area (Å²) in [5, 5.41) is 3.09. The molecular weight excluding hydrogens is 175 g/mol. The molecule has 0 saturated heterocycles. The number of halogens is 3. The summed E-state index contributed by atoms with van der Waals surface area (Å²) in [6.07, 6.45) is -5.49. The Bertz CT molecular complexity index is 257. The van der Waals surface area contributed by atoms with Crippen LogP contribution in [0.1, 0.15) is 11.7 Å². The third-order valence-electron chi connectivity index (χ3n) is 1.04. The van der Waals surface area contributed by atoms with Gasteiger partial charge in [0.1, 0.15) is 6.42 Å². The van der Waals surface area contributed by atoms with Gasteiger partial charge in [-0.1, -0.05) is 5.16 Å². The summed E-state index contributed by atoms with van der Waals surface area (Å²) in [6.45, 7) is -0.0507. The molecule has 1 heterocycles. The van der Waals surface area contributed by atoms with Crippen molar-refractivity contribution in [1.29, 1.82) is 0 Å². The predicted molar refractivity (Wildman–Crippen MR) is 31.9 cm³/mol. The second-order valence-electron chi connectivity index (χ2n) is 2.10. The Kier molecular flexibility index (Phi) is 2.32. The zero-order valence-electron chi connectivity index (χ0n) is 5.93. The third-order valence-corrected chi connectivity index (χ3v) is 1.04. The van der Waals surface area contributed by atoms with Crippen LogP contribution in [0.25, 0.3) is 0 Å². The summed E-state index contributed by atoms with van der Waals surface area (Å²) in [5.74, 6) is -0.378. The Morgan fingerprint density at radius 2 is 2.08 bits per heavy atom. The van der Waals surface area contributed by atoms with Crippen molar-refractivity contribution in [3.05, 3.63) is 11.7 Å². The van der Waals surface area contributed by atoms with Gasteiger partial charge in [0.15, 0.2) is 5.82 Å². The smallest absolute Gasteiger partial charge is 0.338 e. The van der Waals surface area contributed by atoms with Gasteiger partial charge >= 0.3 is 6.18 Å². The number of alkyl halides is 3. The zero-order valence-corrected chi connectivity index (χ0v) is 5.93. The maximum Gasteiger partial charge on any atom is 0.396 e. The van der Waals surface area contributed by atoms with Gasteiger partial charge in [-0.2, -0.15) is 18.2 Å². The first-order chi connectivity index (χ1) is 5.51. The molecule has 0 aliphatic rings. The lowest BCUT2D eigenvalue weighted by Gasteiger charge is -1.99. The highest BCUT2D eigenvalue weighted by Gasteiger charge is 2.30. The summed E-state index contributed by atoms with van der Waals surface area (Å²) >= 11 is 0. The highest BCUT2D eigenvalue weighted by molar-refractivity contribution is 4.87. The van der Waals surface area contributed by atoms with Gasteiger partial charge in [-0.05, 0) is 0 Å². The van der Waals surface area contributed by atoms with E-state index in [9.17, 15) is 13.2 Å². The van der Waals surface area contributed by atoms with E-state index in [0.29, 0.717) is 0 Å². The number of aromatic nitrogens is 2. The van der Waals surface area contributed by atoms with Gasteiger partial charge in [0.25, 0.3) is 0 Å². The molecule has 0 unspecified atom stereocenters. The van der Waals surface area contributed by atoms with Crippen molar-refractivity contribution in [2.24, 2.45) is 5.73 Å². The molecule has 2 N–H and O–H groups in total. The maximum atomic E-state index is 11.7. The van der Waals surface area contributed by atoms with Crippen LogP contribution in [0.4, 0.5) is 13.2 Å². The Hall–Kier alpha value is -1.11. The molecule has 0 fully saturated rings. The van der Waals surface area contributed by atoms with Crippen LogP contribution in [0.5, 0.6) is 0 Å². The Labute approximate surface area is 65.5 Å². The predicted octanol–water partition coefficient (Wildman–Crippen LogP) is 0.633. The lowest BCUT2D eigenvalue weighted by atomic mass is 10.4. The van der Waals surface area contributed by atoms with Crippen LogP contribution in [0, 0.1) is 0 Å². The molecule has 0 aliphatic carbocycles. The molecule has 0 amide bonds. The number of hydrogen-bond donors (Lipinski definition) is 1. The average molecular weight is 181 g/mol. The van der Waals surface area contributed by atoms with E-state index >= 15 is 0 Å². The number of hydrogen-bond acceptors (Lipinski definition) is 4. The normalized spacial score (nSPS) is 12.0. The van der Waals surface area contributed by atoms with Crippen molar-refractivity contribution < 1.29 is 17.7 Å². The molecular formula is C5H6F3N3O. The maximum absolute atomic E-state index is 11.7. The Morgan fingerprint density at radius 1 is 1.42 bits per heavy atom. The van der Waals surface area contributed by atoms with E-state index in [1.54, 1.807) is 0 Å². The van der Waals surface area contributed by atoms with E-state index < -0.39 is 12.6 Å². The van der Waals surface area contributed by atoms with Gasteiger partial charge in [0.2, 0.25) is 5.89 Å². The van der Waals surface area contributed by atoms with Crippen molar-refractivity contribution >= 4 is 0 Å². The zero-order chi connectivity index (χ0) is 9.19. The van der Waals surface area contributed by atoms with Crippen molar-refractivity contribution in [1.82, 2.24) is 10.1 Å². The summed E-state index contributed by atoms with van der Waals surface area (Å²) in [7, 11) is 0. The van der Waals surface area contributed by atoms with E-state index in [0.717, 1.165) is 0 Å². The highest BCUT2D eigenvalue weighted by Crippen LogP contribution is 2.19. The molecule has 0 radical (unpaired) electrons. The fraction of sp³-hybridized carbons (Fsp3) is 0.600. The molecule has 4 nitrogen and oxygen atoms in total. The Morgan fingerprint density at radius 3 is 2.50 bits per heavy atom. The van der Waals surface area contributed by atoms with E-state index in [4.69, 9.17) is 5.73 Å². The lowest BCUT2D eigenvalue weighted by Crippen LogP contribution is -2.12. The van der Waals surface area contributed by atoms with Crippen LogP contribution in [0.15, 0.2) is 4.52 Å². The van der Waals surface area contributed by atoms with Crippen LogP contribution in [0.3, 0.4) is 0 Å². The van der Waals surface area contributed by atoms with Crippen molar-refractivity contribution in [3.8, 4) is 0 Å². The molecule has 0 atom stereocenters. The Balaban J connectivity index is 2.64. The standard InChI is InChI=1S/C5H6F3N3O/c6-5(7,8)1-3-10-4(2-9)12-11-3/h1-2,9H2. The first-order valence-electron chi connectivity index (χ1n) is 3.09. The van der Waals surface area contributed by atoms with E-state index in [1.165, 1.54) is 0 Å². The fourth-order valence-corrected chi connectivity index (χ4v) is 0.624. The van der Waals surface area contributed by atoms with Gasteiger partial charge in [0, 0.05) is 0 Å². The van der Waals surface area contributed by atoms with E-state index in [-0.39, 0.29) is 18.3 Å². The number of nitrogens with two attached hydrogens (primary N) is 1. The summed E-state index contributed by atoms with van der Waals surface area (Å²) in [4.78, 5) is 3.39. The molecule has 1 rings (SSSR count). The summed E-state index contributed by atoms with van der Waals surface area (Å²) in [5.41, 5.74) is 5.05. The summed E-state index contributed by atoms with van der Waals surface area (Å²) < 4.78 is 39.5. The molecule has 0 spiro atoms. The van der Waals surface area contributed by atoms with Crippen LogP contribution < -0.4 is 5.73 Å². The molecule has 0 bridgehead atoms. The van der Waals surface area contributed by atoms with Crippen LogP contribution in [-0.2, 0) is 13.0 Å². The second kappa shape index (κ2) is 3.10. The SMILES string of the molecule is NCc1nc(CC(F)(F)F)no1. The topological polar surface area (TPSA) is 64.9 Å². The van der Waals surface area contributed by atoms with Gasteiger partial charge in [-0.3, -0.25) is 0 Å². The van der Waals surface area contributed by atoms with Gasteiger partial charge in [0.05, 0.1) is 6.54 Å². The van der Waals surface area contributed by atoms with Crippen molar-refractivity contribution in [2.75, 3.05) is 0 Å². The van der Waals surface area contributed by atoms with Gasteiger partial charge in [-0.15, -0.1) is 0 Å². The summed E-state index contributed by atoms with van der Waals surface area (Å²) in [6, 6.07) is 0. The molecule has 7 heteroatoms. The molecule has 0 saturated carbocycles. The largest absolute Gasteiger partial charge is 0.396 e. The minimum absolute atomic E-state index is 0.00856. The monoisotopic (exact) mass is 181 g/mol. The van der Waals surface area contributed by atoms with Crippen molar-refractivity contribution in [2.45, 2.75) is 19.1 Å². The minimum atomic E-state index is -4.31. The molecule has 0 aliphatic heterocycles. The first kappa shape index (κ1) is 8.98. The quantitative estimate of drug-likeness (QED) is 0.726. The fourth-order valence-electron chi connectivity index (χ4n) is 0.624. The first-order valence-corrected chi connectivity index (χ1v) is 3.09. The number of rotatable bonds is 2. The lowest BCUT2D eigenvalue weighted by molar-refractivity contribution is -0.128. The van der Waals surface area contributed by atoms with Gasteiger partial charge in [-0.25, -0.2) is 0 Å². The molecule has 68 valence electrons. The van der Waals surface area contributed by atoms with Crippen LogP contribution in [0.2, 0.25) is 0 Å². The van der Waals surface area contributed by atoms with Crippen LogP contribution >= 0.6 is 0 Å². The van der Waals surface area contributed by atoms with Gasteiger partial charge < -0.3 is 10.3 Å². The third kappa shape index (κ3) is 2.50. The van der Waals surface area contributed by atoms with E-state index in [2.05, 4.69) is 14.7 Å². The average Bonchev–Trinajstić information content (AvgIpc) is 2.32. The number of nitrogens with zero attached hydrogens (tertiary/aromatic N) is 2. The molecule has 1 aromatic heterocycles. The van der Waals surface area contributed by atoms with Crippen LogP contribution in [-0.4, -0.2) is 16.3 Å². The molecule has 0 aromatic carbocycles. The highest BCUT2D eigenvalue weighted by atomic mass is 19.4. The molecule has 1 aromatic rings. The van der Waals surface area contributed by atoms with Crippen molar-refractivity contribution in [3.63, 3.8) is 0 Å². The minimum Gasteiger partial charge on any atom is -0.338 e.